The van der Waals surface area contributed by atoms with Gasteiger partial charge in [0.15, 0.2) is 0 Å². The average Bonchev–Trinajstić information content (AvgIpc) is 2.97. The standard InChI is InChI=1S/C16H21ClN2O2/c1-11-13(17)7-4-8-14(11)19-16(21)15(20)18-10-9-12-5-2-3-6-12/h4,7-8,12H,2-3,5-6,9-10H2,1H3,(H,18,20)(H,19,21). The third-order valence-electron chi connectivity index (χ3n) is 4.04. The molecule has 5 heteroatoms. The number of rotatable bonds is 4. The molecular formula is C16H21ClN2O2. The molecule has 0 aromatic heterocycles. The van der Waals surface area contributed by atoms with E-state index in [1.807, 2.05) is 0 Å². The monoisotopic (exact) mass is 308 g/mol. The molecule has 0 radical (unpaired) electrons. The van der Waals surface area contributed by atoms with Gasteiger partial charge in [-0.25, -0.2) is 0 Å². The van der Waals surface area contributed by atoms with Gasteiger partial charge in [0.1, 0.15) is 0 Å². The van der Waals surface area contributed by atoms with E-state index in [2.05, 4.69) is 10.6 Å². The number of carbonyl (C=O) groups is 2. The van der Waals surface area contributed by atoms with E-state index < -0.39 is 11.8 Å². The van der Waals surface area contributed by atoms with Crippen molar-refractivity contribution in [3.63, 3.8) is 0 Å². The van der Waals surface area contributed by atoms with Crippen molar-refractivity contribution in [3.8, 4) is 0 Å². The second-order valence-corrected chi connectivity index (χ2v) is 5.97. The summed E-state index contributed by atoms with van der Waals surface area (Å²) in [4.78, 5) is 23.6. The molecule has 1 fully saturated rings. The second kappa shape index (κ2) is 7.46. The fraction of sp³-hybridized carbons (Fsp3) is 0.500. The molecule has 0 unspecified atom stereocenters. The van der Waals surface area contributed by atoms with Gasteiger partial charge < -0.3 is 10.6 Å². The lowest BCUT2D eigenvalue weighted by molar-refractivity contribution is -0.136. The van der Waals surface area contributed by atoms with Crippen molar-refractivity contribution < 1.29 is 9.59 Å². The van der Waals surface area contributed by atoms with Crippen LogP contribution in [0.1, 0.15) is 37.7 Å². The molecular weight excluding hydrogens is 288 g/mol. The van der Waals surface area contributed by atoms with Crippen LogP contribution < -0.4 is 10.6 Å². The van der Waals surface area contributed by atoms with Crippen LogP contribution >= 0.6 is 11.6 Å². The molecule has 2 N–H and O–H groups in total. The van der Waals surface area contributed by atoms with Crippen molar-refractivity contribution in [1.29, 1.82) is 0 Å². The average molecular weight is 309 g/mol. The van der Waals surface area contributed by atoms with Crippen molar-refractivity contribution >= 4 is 29.1 Å². The summed E-state index contributed by atoms with van der Waals surface area (Å²) >= 11 is 5.98. The van der Waals surface area contributed by atoms with Crippen LogP contribution in [0.2, 0.25) is 5.02 Å². The van der Waals surface area contributed by atoms with Crippen molar-refractivity contribution in [2.75, 3.05) is 11.9 Å². The van der Waals surface area contributed by atoms with Crippen LogP contribution in [0.3, 0.4) is 0 Å². The molecule has 1 aliphatic carbocycles. The summed E-state index contributed by atoms with van der Waals surface area (Å²) in [5.74, 6) is -0.539. The van der Waals surface area contributed by atoms with Gasteiger partial charge in [0, 0.05) is 17.3 Å². The Morgan fingerprint density at radius 3 is 2.67 bits per heavy atom. The van der Waals surface area contributed by atoms with Gasteiger partial charge in [-0.15, -0.1) is 0 Å². The lowest BCUT2D eigenvalue weighted by atomic mass is 10.0. The Bertz CT molecular complexity index is 525. The van der Waals surface area contributed by atoms with Gasteiger partial charge >= 0.3 is 11.8 Å². The van der Waals surface area contributed by atoms with Crippen LogP contribution in [0.25, 0.3) is 0 Å². The molecule has 2 amide bonds. The molecule has 1 aliphatic rings. The highest BCUT2D eigenvalue weighted by atomic mass is 35.5. The smallest absolute Gasteiger partial charge is 0.313 e. The number of nitrogens with one attached hydrogen (secondary N) is 2. The van der Waals surface area contributed by atoms with Gasteiger partial charge in [0.2, 0.25) is 0 Å². The number of hydrogen-bond acceptors (Lipinski definition) is 2. The molecule has 0 heterocycles. The highest BCUT2D eigenvalue weighted by molar-refractivity contribution is 6.40. The number of benzene rings is 1. The Kier molecular flexibility index (Phi) is 5.62. The van der Waals surface area contributed by atoms with Gasteiger partial charge in [0.25, 0.3) is 0 Å². The summed E-state index contributed by atoms with van der Waals surface area (Å²) in [6.07, 6.45) is 6.00. The molecule has 0 atom stereocenters. The third-order valence-corrected chi connectivity index (χ3v) is 4.44. The molecule has 4 nitrogen and oxygen atoms in total. The first-order valence-electron chi connectivity index (χ1n) is 7.42. The number of halogens is 1. The molecule has 0 saturated heterocycles. The van der Waals surface area contributed by atoms with Crippen LogP contribution in [0.4, 0.5) is 5.69 Å². The molecule has 0 aliphatic heterocycles. The minimum atomic E-state index is -0.646. The molecule has 1 aromatic carbocycles. The fourth-order valence-corrected chi connectivity index (χ4v) is 2.87. The Balaban J connectivity index is 1.79. The van der Waals surface area contributed by atoms with E-state index in [0.717, 1.165) is 12.0 Å². The van der Waals surface area contributed by atoms with Crippen molar-refractivity contribution in [2.45, 2.75) is 39.0 Å². The predicted octanol–water partition coefficient (Wildman–Crippen LogP) is 3.28. The molecule has 1 aromatic rings. The highest BCUT2D eigenvalue weighted by Crippen LogP contribution is 2.27. The molecule has 114 valence electrons. The fourth-order valence-electron chi connectivity index (χ4n) is 2.69. The Morgan fingerprint density at radius 2 is 1.95 bits per heavy atom. The van der Waals surface area contributed by atoms with Gasteiger partial charge in [-0.2, -0.15) is 0 Å². The van der Waals surface area contributed by atoms with Gasteiger partial charge in [-0.05, 0) is 37.0 Å². The first-order valence-corrected chi connectivity index (χ1v) is 7.80. The minimum Gasteiger partial charge on any atom is -0.348 e. The topological polar surface area (TPSA) is 58.2 Å². The van der Waals surface area contributed by atoms with E-state index in [-0.39, 0.29) is 0 Å². The normalized spacial score (nSPS) is 15.0. The minimum absolute atomic E-state index is 0.561. The zero-order valence-electron chi connectivity index (χ0n) is 12.2. The Labute approximate surface area is 130 Å². The summed E-state index contributed by atoms with van der Waals surface area (Å²) in [5, 5.41) is 5.84. The van der Waals surface area contributed by atoms with Gasteiger partial charge in [-0.3, -0.25) is 9.59 Å². The van der Waals surface area contributed by atoms with E-state index in [1.165, 1.54) is 25.7 Å². The SMILES string of the molecule is Cc1c(Cl)cccc1NC(=O)C(=O)NCCC1CCCC1. The van der Waals surface area contributed by atoms with Gasteiger partial charge in [-0.1, -0.05) is 43.4 Å². The molecule has 0 bridgehead atoms. The quantitative estimate of drug-likeness (QED) is 0.839. The number of amides is 2. The third kappa shape index (κ3) is 4.46. The molecule has 1 saturated carbocycles. The first-order chi connectivity index (χ1) is 10.1. The van der Waals surface area contributed by atoms with Crippen molar-refractivity contribution in [1.82, 2.24) is 5.32 Å². The van der Waals surface area contributed by atoms with Crippen LogP contribution in [0, 0.1) is 12.8 Å². The van der Waals surface area contributed by atoms with E-state index in [4.69, 9.17) is 11.6 Å². The maximum atomic E-state index is 11.8. The van der Waals surface area contributed by atoms with Crippen LogP contribution in [-0.4, -0.2) is 18.4 Å². The number of hydrogen-bond donors (Lipinski definition) is 2. The number of carbonyl (C=O) groups excluding carboxylic acids is 2. The summed E-state index contributed by atoms with van der Waals surface area (Å²) in [6.45, 7) is 2.36. The van der Waals surface area contributed by atoms with Crippen molar-refractivity contribution in [3.05, 3.63) is 28.8 Å². The molecule has 0 spiro atoms. The maximum Gasteiger partial charge on any atom is 0.313 e. The summed E-state index contributed by atoms with van der Waals surface area (Å²) in [6, 6.07) is 5.21. The first kappa shape index (κ1) is 15.8. The lowest BCUT2D eigenvalue weighted by Gasteiger charge is -2.11. The largest absolute Gasteiger partial charge is 0.348 e. The van der Waals surface area contributed by atoms with E-state index in [0.29, 0.717) is 23.2 Å². The molecule has 21 heavy (non-hydrogen) atoms. The predicted molar refractivity (Wildman–Crippen MR) is 84.4 cm³/mol. The van der Waals surface area contributed by atoms with Crippen LogP contribution in [0.15, 0.2) is 18.2 Å². The Hall–Kier alpha value is -1.55. The summed E-state index contributed by atoms with van der Waals surface area (Å²) in [7, 11) is 0. The Morgan fingerprint density at radius 1 is 1.24 bits per heavy atom. The van der Waals surface area contributed by atoms with E-state index in [9.17, 15) is 9.59 Å². The molecule has 2 rings (SSSR count). The van der Waals surface area contributed by atoms with Crippen LogP contribution in [0.5, 0.6) is 0 Å². The zero-order chi connectivity index (χ0) is 15.2. The van der Waals surface area contributed by atoms with Gasteiger partial charge in [0.05, 0.1) is 0 Å². The second-order valence-electron chi connectivity index (χ2n) is 5.56. The highest BCUT2D eigenvalue weighted by Gasteiger charge is 2.17. The van der Waals surface area contributed by atoms with E-state index in [1.54, 1.807) is 25.1 Å². The lowest BCUT2D eigenvalue weighted by Crippen LogP contribution is -2.36. The summed E-state index contributed by atoms with van der Waals surface area (Å²) in [5.41, 5.74) is 1.32. The van der Waals surface area contributed by atoms with E-state index >= 15 is 0 Å². The summed E-state index contributed by atoms with van der Waals surface area (Å²) < 4.78 is 0. The number of anilines is 1. The van der Waals surface area contributed by atoms with Crippen molar-refractivity contribution in [2.24, 2.45) is 5.92 Å². The maximum absolute atomic E-state index is 11.8. The zero-order valence-corrected chi connectivity index (χ0v) is 13.0. The van der Waals surface area contributed by atoms with Crippen LogP contribution in [-0.2, 0) is 9.59 Å².